The van der Waals surface area contributed by atoms with Crippen molar-refractivity contribution in [3.8, 4) is 0 Å². The van der Waals surface area contributed by atoms with Crippen molar-refractivity contribution in [2.24, 2.45) is 5.92 Å². The van der Waals surface area contributed by atoms with Crippen LogP contribution in [0.5, 0.6) is 0 Å². The molecule has 0 saturated heterocycles. The lowest BCUT2D eigenvalue weighted by atomic mass is 9.87. The van der Waals surface area contributed by atoms with Gasteiger partial charge >= 0.3 is 0 Å². The number of hydrogen-bond donors (Lipinski definition) is 2. The maximum absolute atomic E-state index is 13.4. The summed E-state index contributed by atoms with van der Waals surface area (Å²) >= 11 is 6.53. The van der Waals surface area contributed by atoms with E-state index in [4.69, 9.17) is 11.6 Å². The molecule has 0 spiro atoms. The number of aromatic nitrogens is 2. The Morgan fingerprint density at radius 2 is 1.83 bits per heavy atom. The van der Waals surface area contributed by atoms with E-state index in [0.29, 0.717) is 37.5 Å². The first-order valence-electron chi connectivity index (χ1n) is 12.6. The van der Waals surface area contributed by atoms with E-state index in [1.165, 1.54) is 12.8 Å². The Morgan fingerprint density at radius 3 is 2.46 bits per heavy atom. The second kappa shape index (κ2) is 10.6. The standard InChI is InChI=1S/C26H36ClN3O4S/c1-26(2,32)17-30-14-13-24(29-30)28-25(31)21(15-18-7-3-4-8-18)19-11-12-23(22(27)16-19)35(33,34)20-9-5-6-10-20/h11-14,16,18,20-21,32H,3-10,15,17H2,1-2H3,(H,28,29,31)/t21-/m1/s1. The number of nitrogens with one attached hydrogen (secondary N) is 1. The number of anilines is 1. The number of benzene rings is 1. The third kappa shape index (κ3) is 6.46. The van der Waals surface area contributed by atoms with Crippen LogP contribution in [0.3, 0.4) is 0 Å². The Bertz CT molecular complexity index is 1140. The Balaban J connectivity index is 1.56. The van der Waals surface area contributed by atoms with Gasteiger partial charge in [0, 0.05) is 12.3 Å². The first-order chi connectivity index (χ1) is 16.5. The molecular formula is C26H36ClN3O4S. The molecule has 0 unspecified atom stereocenters. The van der Waals surface area contributed by atoms with Gasteiger partial charge in [0.25, 0.3) is 0 Å². The molecule has 9 heteroatoms. The Morgan fingerprint density at radius 1 is 1.17 bits per heavy atom. The molecule has 0 aliphatic heterocycles. The summed E-state index contributed by atoms with van der Waals surface area (Å²) in [6.45, 7) is 3.71. The van der Waals surface area contributed by atoms with Crippen molar-refractivity contribution < 1.29 is 18.3 Å². The molecule has 1 amide bonds. The lowest BCUT2D eigenvalue weighted by Crippen LogP contribution is -2.27. The summed E-state index contributed by atoms with van der Waals surface area (Å²) in [5, 5.41) is 17.1. The summed E-state index contributed by atoms with van der Waals surface area (Å²) in [5.41, 5.74) is -0.198. The van der Waals surface area contributed by atoms with Crippen LogP contribution >= 0.6 is 11.6 Å². The number of carbonyl (C=O) groups is 1. The van der Waals surface area contributed by atoms with E-state index in [2.05, 4.69) is 10.4 Å². The lowest BCUT2D eigenvalue weighted by molar-refractivity contribution is -0.118. The highest BCUT2D eigenvalue weighted by Crippen LogP contribution is 2.38. The van der Waals surface area contributed by atoms with Gasteiger partial charge in [-0.2, -0.15) is 5.10 Å². The minimum atomic E-state index is -3.48. The molecule has 2 aliphatic carbocycles. The number of rotatable bonds is 9. The highest BCUT2D eigenvalue weighted by Gasteiger charge is 2.33. The molecule has 2 aromatic rings. The van der Waals surface area contributed by atoms with Gasteiger partial charge in [0.1, 0.15) is 0 Å². The number of hydrogen-bond acceptors (Lipinski definition) is 5. The van der Waals surface area contributed by atoms with Crippen LogP contribution in [0.1, 0.15) is 83.1 Å². The molecule has 35 heavy (non-hydrogen) atoms. The molecule has 2 N–H and O–H groups in total. The summed E-state index contributed by atoms with van der Waals surface area (Å²) in [6.07, 6.45) is 10.1. The fraction of sp³-hybridized carbons (Fsp3) is 0.615. The van der Waals surface area contributed by atoms with Crippen LogP contribution in [-0.2, 0) is 21.2 Å². The first kappa shape index (κ1) is 26.2. The minimum Gasteiger partial charge on any atom is -0.389 e. The van der Waals surface area contributed by atoms with Gasteiger partial charge in [0.2, 0.25) is 5.91 Å². The molecule has 1 aromatic heterocycles. The molecule has 2 saturated carbocycles. The predicted octanol–water partition coefficient (Wildman–Crippen LogP) is 5.33. The third-order valence-corrected chi connectivity index (χ3v) is 9.95. The minimum absolute atomic E-state index is 0.167. The predicted molar refractivity (Wildman–Crippen MR) is 137 cm³/mol. The van der Waals surface area contributed by atoms with E-state index >= 15 is 0 Å². The Labute approximate surface area is 213 Å². The topological polar surface area (TPSA) is 101 Å². The van der Waals surface area contributed by atoms with Crippen LogP contribution in [0, 0.1) is 5.92 Å². The molecule has 0 bridgehead atoms. The Kier molecular flexibility index (Phi) is 7.93. The molecule has 2 aliphatic rings. The highest BCUT2D eigenvalue weighted by atomic mass is 35.5. The molecule has 1 aromatic carbocycles. The zero-order chi connectivity index (χ0) is 25.2. The van der Waals surface area contributed by atoms with Gasteiger partial charge in [-0.25, -0.2) is 8.42 Å². The smallest absolute Gasteiger partial charge is 0.233 e. The Hall–Kier alpha value is -1.90. The summed E-state index contributed by atoms with van der Waals surface area (Å²) < 4.78 is 27.8. The molecule has 7 nitrogen and oxygen atoms in total. The van der Waals surface area contributed by atoms with Crippen molar-refractivity contribution in [3.63, 3.8) is 0 Å². The zero-order valence-corrected chi connectivity index (χ0v) is 22.1. The largest absolute Gasteiger partial charge is 0.389 e. The van der Waals surface area contributed by atoms with Crippen molar-refractivity contribution in [1.82, 2.24) is 9.78 Å². The fourth-order valence-corrected chi connectivity index (χ4v) is 7.86. The van der Waals surface area contributed by atoms with Crippen LogP contribution in [-0.4, -0.2) is 40.1 Å². The first-order valence-corrected chi connectivity index (χ1v) is 14.6. The van der Waals surface area contributed by atoms with Crippen LogP contribution in [0.4, 0.5) is 5.82 Å². The van der Waals surface area contributed by atoms with Crippen molar-refractivity contribution in [2.75, 3.05) is 5.32 Å². The van der Waals surface area contributed by atoms with Gasteiger partial charge in [-0.1, -0.05) is 56.2 Å². The van der Waals surface area contributed by atoms with Crippen molar-refractivity contribution in [2.45, 2.75) is 99.8 Å². The van der Waals surface area contributed by atoms with Gasteiger partial charge in [-0.15, -0.1) is 0 Å². The lowest BCUT2D eigenvalue weighted by Gasteiger charge is -2.21. The average molecular weight is 522 g/mol. The van der Waals surface area contributed by atoms with E-state index in [0.717, 1.165) is 31.2 Å². The molecule has 1 atom stereocenters. The van der Waals surface area contributed by atoms with E-state index < -0.39 is 21.4 Å². The monoisotopic (exact) mass is 521 g/mol. The van der Waals surface area contributed by atoms with Gasteiger partial charge in [0.15, 0.2) is 15.7 Å². The van der Waals surface area contributed by atoms with E-state index in [1.807, 2.05) is 0 Å². The summed E-state index contributed by atoms with van der Waals surface area (Å²) in [6, 6.07) is 6.70. The van der Waals surface area contributed by atoms with E-state index in [-0.39, 0.29) is 21.1 Å². The van der Waals surface area contributed by atoms with Gasteiger partial charge < -0.3 is 10.4 Å². The van der Waals surface area contributed by atoms with E-state index in [1.54, 1.807) is 49.0 Å². The van der Waals surface area contributed by atoms with Gasteiger partial charge in [-0.3, -0.25) is 9.48 Å². The van der Waals surface area contributed by atoms with Crippen LogP contribution in [0.25, 0.3) is 0 Å². The fourth-order valence-electron chi connectivity index (χ4n) is 5.44. The number of carbonyl (C=O) groups excluding carboxylic acids is 1. The molecule has 0 radical (unpaired) electrons. The second-order valence-electron chi connectivity index (χ2n) is 10.8. The number of sulfone groups is 1. The maximum atomic E-state index is 13.4. The van der Waals surface area contributed by atoms with Gasteiger partial charge in [-0.05, 0) is 56.7 Å². The maximum Gasteiger partial charge on any atom is 0.233 e. The normalized spacial score (nSPS) is 18.7. The number of nitrogens with zero attached hydrogens (tertiary/aromatic N) is 2. The van der Waals surface area contributed by atoms with Crippen LogP contribution in [0.2, 0.25) is 5.02 Å². The third-order valence-electron chi connectivity index (χ3n) is 7.21. The highest BCUT2D eigenvalue weighted by molar-refractivity contribution is 7.92. The molecule has 4 rings (SSSR count). The number of aliphatic hydroxyl groups is 1. The molecule has 1 heterocycles. The summed E-state index contributed by atoms with van der Waals surface area (Å²) in [4.78, 5) is 13.6. The SMILES string of the molecule is CC(C)(O)Cn1ccc(NC(=O)[C@H](CC2CCCC2)c2ccc(S(=O)(=O)C3CCCC3)c(Cl)c2)n1. The number of amides is 1. The van der Waals surface area contributed by atoms with Crippen LogP contribution < -0.4 is 5.32 Å². The van der Waals surface area contributed by atoms with Crippen molar-refractivity contribution in [3.05, 3.63) is 41.0 Å². The van der Waals surface area contributed by atoms with Crippen molar-refractivity contribution >= 4 is 33.2 Å². The van der Waals surface area contributed by atoms with E-state index in [9.17, 15) is 18.3 Å². The second-order valence-corrected chi connectivity index (χ2v) is 13.4. The molecule has 2 fully saturated rings. The van der Waals surface area contributed by atoms with Gasteiger partial charge in [0.05, 0.1) is 33.2 Å². The average Bonchev–Trinajstić information content (AvgIpc) is 3.54. The summed E-state index contributed by atoms with van der Waals surface area (Å²) in [7, 11) is -3.48. The molecular weight excluding hydrogens is 486 g/mol. The quantitative estimate of drug-likeness (QED) is 0.464. The number of halogens is 1. The molecule has 192 valence electrons. The summed E-state index contributed by atoms with van der Waals surface area (Å²) in [5.74, 6) is 0.215. The zero-order valence-electron chi connectivity index (χ0n) is 20.5. The van der Waals surface area contributed by atoms with Crippen LogP contribution in [0.15, 0.2) is 35.4 Å². The van der Waals surface area contributed by atoms with Crippen molar-refractivity contribution in [1.29, 1.82) is 0 Å².